The summed E-state index contributed by atoms with van der Waals surface area (Å²) in [5.41, 5.74) is 3.69. The van der Waals surface area contributed by atoms with E-state index >= 15 is 0 Å². The van der Waals surface area contributed by atoms with Crippen LogP contribution >= 0.6 is 0 Å². The van der Waals surface area contributed by atoms with Crippen molar-refractivity contribution in [2.24, 2.45) is 0 Å². The van der Waals surface area contributed by atoms with Gasteiger partial charge in [0.2, 0.25) is 0 Å². The maximum Gasteiger partial charge on any atom is 0.320 e. The molecule has 0 bridgehead atoms. The Labute approximate surface area is 379 Å². The predicted octanol–water partition coefficient (Wildman–Crippen LogP) is 6.49. The first-order valence-electron chi connectivity index (χ1n) is 21.2. The van der Waals surface area contributed by atoms with Gasteiger partial charge in [0, 0.05) is 29.8 Å². The van der Waals surface area contributed by atoms with Crippen molar-refractivity contribution in [3.63, 3.8) is 0 Å². The zero-order valence-corrected chi connectivity index (χ0v) is 35.7. The molecule has 0 aliphatic carbocycles. The number of rotatable bonds is 17. The predicted molar refractivity (Wildman–Crippen MR) is 234 cm³/mol. The van der Waals surface area contributed by atoms with E-state index in [-0.39, 0.29) is 86.8 Å². The zero-order chi connectivity index (χ0) is 46.5. The molecule has 18 nitrogen and oxygen atoms in total. The van der Waals surface area contributed by atoms with Gasteiger partial charge in [-0.3, -0.25) is 19.1 Å². The molecule has 0 radical (unpaired) electrons. The number of aromatic nitrogens is 10. The number of benzene rings is 2. The molecule has 0 atom stereocenters. The van der Waals surface area contributed by atoms with E-state index in [0.29, 0.717) is 45.3 Å². The number of hydrogen-bond acceptors (Lipinski definition) is 16. The Morgan fingerprint density at radius 2 is 1.16 bits per heavy atom. The number of halogens is 4. The summed E-state index contributed by atoms with van der Waals surface area (Å²) in [6.07, 6.45) is 8.27. The topological polar surface area (TPSA) is 213 Å². The molecule has 0 unspecified atom stereocenters. The van der Waals surface area contributed by atoms with E-state index in [0.717, 1.165) is 38.3 Å². The van der Waals surface area contributed by atoms with Gasteiger partial charge in [-0.25, -0.2) is 37.5 Å². The molecule has 67 heavy (non-hydrogen) atoms. The van der Waals surface area contributed by atoms with Crippen molar-refractivity contribution in [3.8, 4) is 45.8 Å². The van der Waals surface area contributed by atoms with Crippen molar-refractivity contribution in [1.82, 2.24) is 54.7 Å². The van der Waals surface area contributed by atoms with Crippen molar-refractivity contribution >= 4 is 17.6 Å². The summed E-state index contributed by atoms with van der Waals surface area (Å²) in [6.45, 7) is 2.54. The molecular formula is C45H43F4N13O5. The van der Waals surface area contributed by atoms with E-state index < -0.39 is 11.6 Å². The van der Waals surface area contributed by atoms with Crippen LogP contribution in [0.4, 0.5) is 29.2 Å². The number of nitrogens with one attached hydrogen (secondary N) is 2. The number of nitrogens with zero attached hydrogens (tertiary/aromatic N) is 11. The maximum absolute atomic E-state index is 14.4. The lowest BCUT2D eigenvalue weighted by Gasteiger charge is -2.25. The standard InChI is InChI=1S/C26H27F2N7O3.C19H16F2N6O2/c27-19-7-3-2-6-18(19)16-35-23(21-8-12-38-33-21)14-22(32-35)26-30-15-20(28)25(31-26)29-9-13-37-24(36)17-34-10-4-1-5-11-34;20-13-4-2-1-3-12(13)11-27-17(15-5-8-29-26-15)9-16(25-27)19-23-10-14(21)18(24-19)22-6-7-28/h2-3,6-8,12,14-15H,1,4-5,9-11,13,16-17H2,(H,29,30,31);1-5,8-10,28H,6-7,11H2,(H,22,23,24). The van der Waals surface area contributed by atoms with Crippen LogP contribution < -0.4 is 10.6 Å². The van der Waals surface area contributed by atoms with Gasteiger partial charge in [0.05, 0.1) is 56.6 Å². The van der Waals surface area contributed by atoms with Gasteiger partial charge in [-0.05, 0) is 50.2 Å². The number of aliphatic hydroxyl groups excluding tert-OH is 1. The van der Waals surface area contributed by atoms with Gasteiger partial charge < -0.3 is 29.5 Å². The molecule has 3 N–H and O–H groups in total. The first kappa shape index (κ1) is 45.7. The SMILES string of the molecule is O=C(CN1CCCCC1)OCCNc1nc(-c2cc(-c3ccon3)n(Cc3ccccc3F)n2)ncc1F.OCCNc1nc(-c2cc(-c3ccon3)n(Cc3ccccc3F)n2)ncc1F. The van der Waals surface area contributed by atoms with Crippen molar-refractivity contribution in [2.75, 3.05) is 56.6 Å². The summed E-state index contributed by atoms with van der Waals surface area (Å²) in [6, 6.07) is 19.4. The highest BCUT2D eigenvalue weighted by Crippen LogP contribution is 2.28. The van der Waals surface area contributed by atoms with Gasteiger partial charge in [0.25, 0.3) is 0 Å². The summed E-state index contributed by atoms with van der Waals surface area (Å²) in [4.78, 5) is 30.6. The molecule has 2 aromatic carbocycles. The number of carbonyl (C=O) groups is 1. The number of carbonyl (C=O) groups excluding carboxylic acids is 1. The first-order chi connectivity index (χ1) is 32.7. The largest absolute Gasteiger partial charge is 0.463 e. The van der Waals surface area contributed by atoms with Crippen LogP contribution in [0.5, 0.6) is 0 Å². The molecule has 1 fully saturated rings. The Balaban J connectivity index is 0.000000188. The molecule has 7 heterocycles. The minimum Gasteiger partial charge on any atom is -0.463 e. The third kappa shape index (κ3) is 11.7. The summed E-state index contributed by atoms with van der Waals surface area (Å²) in [7, 11) is 0. The molecule has 0 saturated carbocycles. The second kappa shape index (κ2) is 21.9. The quantitative estimate of drug-likeness (QED) is 0.0506. The summed E-state index contributed by atoms with van der Waals surface area (Å²) in [5, 5.41) is 31.3. The van der Waals surface area contributed by atoms with E-state index in [4.69, 9.17) is 18.9 Å². The van der Waals surface area contributed by atoms with Gasteiger partial charge in [0.15, 0.2) is 34.9 Å². The lowest BCUT2D eigenvalue weighted by molar-refractivity contribution is -0.144. The maximum atomic E-state index is 14.4. The highest BCUT2D eigenvalue weighted by Gasteiger charge is 2.21. The lowest BCUT2D eigenvalue weighted by atomic mass is 10.1. The Kier molecular flexibility index (Phi) is 14.9. The summed E-state index contributed by atoms with van der Waals surface area (Å²) >= 11 is 0. The molecule has 1 saturated heterocycles. The van der Waals surface area contributed by atoms with Crippen LogP contribution in [0.25, 0.3) is 45.8 Å². The molecule has 1 aliphatic heterocycles. The minimum absolute atomic E-state index is 0.0457. The summed E-state index contributed by atoms with van der Waals surface area (Å²) < 4.78 is 75.0. The number of aliphatic hydroxyl groups is 1. The number of ether oxygens (including phenoxy) is 1. The van der Waals surface area contributed by atoms with Gasteiger partial charge in [-0.1, -0.05) is 53.1 Å². The van der Waals surface area contributed by atoms with Crippen LogP contribution in [0.15, 0.2) is 107 Å². The highest BCUT2D eigenvalue weighted by molar-refractivity contribution is 5.71. The fourth-order valence-electron chi connectivity index (χ4n) is 7.05. The number of piperidine rings is 1. The van der Waals surface area contributed by atoms with E-state index in [1.165, 1.54) is 31.1 Å². The smallest absolute Gasteiger partial charge is 0.320 e. The second-order valence-electron chi connectivity index (χ2n) is 15.0. The lowest BCUT2D eigenvalue weighted by Crippen LogP contribution is -2.35. The fourth-order valence-corrected chi connectivity index (χ4v) is 7.05. The Bertz CT molecular complexity index is 2870. The monoisotopic (exact) mass is 921 g/mol. The number of anilines is 2. The molecule has 22 heteroatoms. The first-order valence-corrected chi connectivity index (χ1v) is 21.2. The molecule has 1 aliphatic rings. The Morgan fingerprint density at radius 1 is 0.657 bits per heavy atom. The van der Waals surface area contributed by atoms with Crippen molar-refractivity contribution in [1.29, 1.82) is 0 Å². The molecular weight excluding hydrogens is 879 g/mol. The molecule has 0 amide bonds. The average molecular weight is 922 g/mol. The van der Waals surface area contributed by atoms with Gasteiger partial charge in [0.1, 0.15) is 53.5 Å². The minimum atomic E-state index is -0.657. The normalized spacial score (nSPS) is 12.7. The summed E-state index contributed by atoms with van der Waals surface area (Å²) in [5.74, 6) is -2.10. The van der Waals surface area contributed by atoms with Gasteiger partial charge in [-0.15, -0.1) is 0 Å². The number of esters is 1. The van der Waals surface area contributed by atoms with Crippen LogP contribution in [0, 0.1) is 23.3 Å². The van der Waals surface area contributed by atoms with E-state index in [2.05, 4.69) is 56.0 Å². The fraction of sp³-hybridized carbons (Fsp3) is 0.267. The van der Waals surface area contributed by atoms with E-state index in [1.807, 2.05) is 0 Å². The molecule has 346 valence electrons. The third-order valence-electron chi connectivity index (χ3n) is 10.3. The van der Waals surface area contributed by atoms with Crippen LogP contribution in [0.3, 0.4) is 0 Å². The number of hydrogen-bond donors (Lipinski definition) is 3. The van der Waals surface area contributed by atoms with E-state index in [9.17, 15) is 22.4 Å². The van der Waals surface area contributed by atoms with Crippen molar-refractivity contribution in [3.05, 3.63) is 132 Å². The zero-order valence-electron chi connectivity index (χ0n) is 35.7. The Hall–Kier alpha value is -7.85. The molecule has 8 aromatic rings. The Morgan fingerprint density at radius 3 is 1.64 bits per heavy atom. The van der Waals surface area contributed by atoms with Crippen LogP contribution in [0.2, 0.25) is 0 Å². The van der Waals surface area contributed by atoms with Crippen LogP contribution in [-0.4, -0.2) is 112 Å². The molecule has 0 spiro atoms. The van der Waals surface area contributed by atoms with Crippen LogP contribution in [0.1, 0.15) is 30.4 Å². The highest BCUT2D eigenvalue weighted by atomic mass is 19.1. The van der Waals surface area contributed by atoms with Crippen LogP contribution in [-0.2, 0) is 22.6 Å². The molecule has 9 rings (SSSR count). The van der Waals surface area contributed by atoms with E-state index in [1.54, 1.807) is 70.0 Å². The second-order valence-corrected chi connectivity index (χ2v) is 15.0. The number of likely N-dealkylation sites (tertiary alicyclic amines) is 1. The van der Waals surface area contributed by atoms with Gasteiger partial charge in [-0.2, -0.15) is 10.2 Å². The third-order valence-corrected chi connectivity index (χ3v) is 10.3. The van der Waals surface area contributed by atoms with Crippen molar-refractivity contribution in [2.45, 2.75) is 32.4 Å². The van der Waals surface area contributed by atoms with Gasteiger partial charge >= 0.3 is 5.97 Å². The molecule has 6 aromatic heterocycles. The van der Waals surface area contributed by atoms with Crippen molar-refractivity contribution < 1.29 is 41.2 Å². The average Bonchev–Trinajstić information content (AvgIpc) is 4.19.